The van der Waals surface area contributed by atoms with Crippen LogP contribution in [0.2, 0.25) is 0 Å². The molecule has 0 heterocycles. The molecule has 0 bridgehead atoms. The van der Waals surface area contributed by atoms with Crippen molar-refractivity contribution >= 4 is 28.3 Å². The summed E-state index contributed by atoms with van der Waals surface area (Å²) in [5, 5.41) is 2.06. The minimum absolute atomic E-state index is 0.324. The van der Waals surface area contributed by atoms with Crippen molar-refractivity contribution in [3.05, 3.63) is 64.7 Å². The predicted octanol–water partition coefficient (Wildman–Crippen LogP) is 2.68. The lowest BCUT2D eigenvalue weighted by Crippen LogP contribution is -2.29. The second-order valence-electron chi connectivity index (χ2n) is 6.03. The molecule has 2 unspecified atom stereocenters. The van der Waals surface area contributed by atoms with Gasteiger partial charge in [0.1, 0.15) is 5.25 Å². The summed E-state index contributed by atoms with van der Waals surface area (Å²) in [7, 11) is -1.34. The highest BCUT2D eigenvalue weighted by Crippen LogP contribution is 2.16. The number of benzene rings is 2. The first-order valence-corrected chi connectivity index (χ1v) is 9.30. The molecule has 0 fully saturated rings. The number of carbonyl (C=O) groups is 2. The maximum Gasteiger partial charge on any atom is 0.248 e. The quantitative estimate of drug-likeness (QED) is 0.832. The van der Waals surface area contributed by atoms with Crippen LogP contribution >= 0.6 is 0 Å². The Hall–Kier alpha value is -2.47. The molecule has 0 saturated carbocycles. The van der Waals surface area contributed by atoms with Gasteiger partial charge in [0.05, 0.1) is 0 Å². The molecule has 0 radical (unpaired) electrons. The lowest BCUT2D eigenvalue weighted by atomic mass is 10.1. The third-order valence-corrected chi connectivity index (χ3v) is 5.60. The van der Waals surface area contributed by atoms with E-state index in [4.69, 9.17) is 5.73 Å². The summed E-state index contributed by atoms with van der Waals surface area (Å²) >= 11 is 0. The highest BCUT2D eigenvalue weighted by atomic mass is 32.2. The van der Waals surface area contributed by atoms with Crippen LogP contribution < -0.4 is 11.1 Å². The standard InChI is InChI=1S/C19H22N2O3S/c1-12-4-5-13(2)16(10-12)11-25(24)14(3)19(23)21-17-8-6-15(7-9-17)18(20)22/h4-10,14H,11H2,1-3H3,(H2,20,22)(H,21,23). The van der Waals surface area contributed by atoms with E-state index in [-0.39, 0.29) is 5.91 Å². The molecule has 0 saturated heterocycles. The zero-order valence-electron chi connectivity index (χ0n) is 14.5. The average Bonchev–Trinajstić information content (AvgIpc) is 2.57. The molecule has 2 amide bonds. The first-order valence-electron chi connectivity index (χ1n) is 7.92. The van der Waals surface area contributed by atoms with Gasteiger partial charge in [-0.05, 0) is 56.2 Å². The number of primary amides is 1. The van der Waals surface area contributed by atoms with Crippen molar-refractivity contribution in [3.63, 3.8) is 0 Å². The van der Waals surface area contributed by atoms with Crippen molar-refractivity contribution in [2.24, 2.45) is 5.73 Å². The van der Waals surface area contributed by atoms with E-state index in [2.05, 4.69) is 5.32 Å². The van der Waals surface area contributed by atoms with E-state index in [1.807, 2.05) is 32.0 Å². The number of hydrogen-bond donors (Lipinski definition) is 2. The molecule has 6 heteroatoms. The molecule has 25 heavy (non-hydrogen) atoms. The van der Waals surface area contributed by atoms with Crippen molar-refractivity contribution in [3.8, 4) is 0 Å². The minimum atomic E-state index is -1.34. The molecule has 0 aliphatic heterocycles. The lowest BCUT2D eigenvalue weighted by molar-refractivity contribution is -0.115. The summed E-state index contributed by atoms with van der Waals surface area (Å²) in [5.41, 5.74) is 9.24. The van der Waals surface area contributed by atoms with Gasteiger partial charge < -0.3 is 11.1 Å². The molecule has 0 aliphatic carbocycles. The van der Waals surface area contributed by atoms with Gasteiger partial charge in [0.15, 0.2) is 0 Å². The Labute approximate surface area is 150 Å². The second kappa shape index (κ2) is 8.07. The van der Waals surface area contributed by atoms with Crippen LogP contribution in [0.25, 0.3) is 0 Å². The molecule has 2 aromatic carbocycles. The molecule has 2 rings (SSSR count). The topological polar surface area (TPSA) is 89.3 Å². The fourth-order valence-corrected chi connectivity index (χ4v) is 3.48. The van der Waals surface area contributed by atoms with Gasteiger partial charge in [-0.3, -0.25) is 13.8 Å². The fraction of sp³-hybridized carbons (Fsp3) is 0.263. The van der Waals surface area contributed by atoms with Gasteiger partial charge in [-0.25, -0.2) is 0 Å². The van der Waals surface area contributed by atoms with Gasteiger partial charge in [0, 0.05) is 27.8 Å². The number of amides is 2. The van der Waals surface area contributed by atoms with Crippen LogP contribution in [-0.2, 0) is 21.3 Å². The fourth-order valence-electron chi connectivity index (χ4n) is 2.32. The maximum absolute atomic E-state index is 12.5. The summed E-state index contributed by atoms with van der Waals surface area (Å²) in [5.74, 6) is -0.515. The Bertz CT molecular complexity index is 816. The number of carbonyl (C=O) groups excluding carboxylic acids is 2. The van der Waals surface area contributed by atoms with Crippen LogP contribution in [0.5, 0.6) is 0 Å². The van der Waals surface area contributed by atoms with Crippen LogP contribution in [0.15, 0.2) is 42.5 Å². The average molecular weight is 358 g/mol. The van der Waals surface area contributed by atoms with Crippen LogP contribution in [0.1, 0.15) is 34.0 Å². The monoisotopic (exact) mass is 358 g/mol. The Kier molecular flexibility index (Phi) is 6.09. The molecule has 0 aromatic heterocycles. The van der Waals surface area contributed by atoms with Crippen LogP contribution in [0.3, 0.4) is 0 Å². The zero-order valence-corrected chi connectivity index (χ0v) is 15.4. The van der Waals surface area contributed by atoms with E-state index in [9.17, 15) is 13.8 Å². The van der Waals surface area contributed by atoms with Crippen molar-refractivity contribution < 1.29 is 13.8 Å². The Morgan fingerprint density at radius 2 is 1.76 bits per heavy atom. The summed E-state index contributed by atoms with van der Waals surface area (Å²) < 4.78 is 12.5. The molecule has 0 spiro atoms. The second-order valence-corrected chi connectivity index (χ2v) is 7.79. The van der Waals surface area contributed by atoms with Crippen molar-refractivity contribution in [1.82, 2.24) is 0 Å². The van der Waals surface area contributed by atoms with Gasteiger partial charge >= 0.3 is 0 Å². The van der Waals surface area contributed by atoms with E-state index < -0.39 is 22.0 Å². The van der Waals surface area contributed by atoms with Crippen LogP contribution in [0.4, 0.5) is 5.69 Å². The van der Waals surface area contributed by atoms with E-state index in [0.717, 1.165) is 16.7 Å². The van der Waals surface area contributed by atoms with Gasteiger partial charge in [0.25, 0.3) is 0 Å². The van der Waals surface area contributed by atoms with E-state index in [0.29, 0.717) is 17.0 Å². The summed E-state index contributed by atoms with van der Waals surface area (Å²) in [4.78, 5) is 23.4. The maximum atomic E-state index is 12.5. The molecular formula is C19H22N2O3S. The van der Waals surface area contributed by atoms with Gasteiger partial charge in [0.2, 0.25) is 11.8 Å². The third kappa shape index (κ3) is 5.00. The Balaban J connectivity index is 2.02. The van der Waals surface area contributed by atoms with Crippen LogP contribution in [-0.4, -0.2) is 21.3 Å². The smallest absolute Gasteiger partial charge is 0.248 e. The largest absolute Gasteiger partial charge is 0.366 e. The van der Waals surface area contributed by atoms with Gasteiger partial charge in [-0.15, -0.1) is 0 Å². The Morgan fingerprint density at radius 3 is 2.36 bits per heavy atom. The number of rotatable bonds is 6. The predicted molar refractivity (Wildman–Crippen MR) is 101 cm³/mol. The van der Waals surface area contributed by atoms with Gasteiger partial charge in [-0.1, -0.05) is 23.8 Å². The van der Waals surface area contributed by atoms with Crippen LogP contribution in [0, 0.1) is 13.8 Å². The van der Waals surface area contributed by atoms with E-state index in [1.54, 1.807) is 19.1 Å². The first-order chi connectivity index (χ1) is 11.8. The van der Waals surface area contributed by atoms with Crippen molar-refractivity contribution in [2.75, 3.05) is 5.32 Å². The third-order valence-electron chi connectivity index (χ3n) is 4.00. The summed E-state index contributed by atoms with van der Waals surface area (Å²) in [6, 6.07) is 12.3. The number of aryl methyl sites for hydroxylation is 2. The molecule has 0 aliphatic rings. The lowest BCUT2D eigenvalue weighted by Gasteiger charge is -2.14. The molecule has 132 valence electrons. The molecule has 3 N–H and O–H groups in total. The summed E-state index contributed by atoms with van der Waals surface area (Å²) in [6.45, 7) is 5.60. The molecule has 2 atom stereocenters. The number of hydrogen-bond acceptors (Lipinski definition) is 3. The normalized spacial score (nSPS) is 13.1. The van der Waals surface area contributed by atoms with Crippen molar-refractivity contribution in [1.29, 1.82) is 0 Å². The number of nitrogens with one attached hydrogen (secondary N) is 1. The van der Waals surface area contributed by atoms with Gasteiger partial charge in [-0.2, -0.15) is 0 Å². The highest BCUT2D eigenvalue weighted by Gasteiger charge is 2.21. The first kappa shape index (κ1) is 18.9. The van der Waals surface area contributed by atoms with E-state index >= 15 is 0 Å². The zero-order chi connectivity index (χ0) is 18.6. The molecule has 5 nitrogen and oxygen atoms in total. The molecule has 2 aromatic rings. The Morgan fingerprint density at radius 1 is 1.12 bits per heavy atom. The molecular weight excluding hydrogens is 336 g/mol. The minimum Gasteiger partial charge on any atom is -0.366 e. The summed E-state index contributed by atoms with van der Waals surface area (Å²) in [6.07, 6.45) is 0. The number of anilines is 1. The highest BCUT2D eigenvalue weighted by molar-refractivity contribution is 7.85. The number of nitrogens with two attached hydrogens (primary N) is 1. The van der Waals surface area contributed by atoms with Crippen molar-refractivity contribution in [2.45, 2.75) is 31.8 Å². The SMILES string of the molecule is Cc1ccc(C)c(CS(=O)C(C)C(=O)Nc2ccc(C(N)=O)cc2)c1. The van der Waals surface area contributed by atoms with E-state index in [1.165, 1.54) is 12.1 Å².